The number of carboxylic acids is 1. The molecule has 98 valence electrons. The summed E-state index contributed by atoms with van der Waals surface area (Å²) in [6.45, 7) is -0.110. The first-order valence-corrected chi connectivity index (χ1v) is 6.25. The minimum atomic E-state index is -1.28. The Hall–Kier alpha value is -1.37. The molecular weight excluding hydrogens is 258 g/mol. The van der Waals surface area contributed by atoms with Crippen LogP contribution < -0.4 is 0 Å². The summed E-state index contributed by atoms with van der Waals surface area (Å²) in [6.07, 6.45) is 0.196. The van der Waals surface area contributed by atoms with Gasteiger partial charge in [-0.3, -0.25) is 14.4 Å². The summed E-state index contributed by atoms with van der Waals surface area (Å²) >= 11 is 3.82. The first-order valence-electron chi connectivity index (χ1n) is 5.62. The van der Waals surface area contributed by atoms with Crippen LogP contribution >= 0.6 is 12.6 Å². The molecule has 1 aliphatic carbocycles. The van der Waals surface area contributed by atoms with E-state index in [0.29, 0.717) is 0 Å². The zero-order valence-electron chi connectivity index (χ0n) is 9.59. The molecular formula is C11H13NO5S. The Morgan fingerprint density at radius 1 is 1.33 bits per heavy atom. The number of hydrogen-bond acceptors (Lipinski definition) is 5. The van der Waals surface area contributed by atoms with E-state index in [0.717, 1.165) is 4.90 Å². The second kappa shape index (κ2) is 4.38. The van der Waals surface area contributed by atoms with Gasteiger partial charge in [0.05, 0.1) is 5.75 Å². The van der Waals surface area contributed by atoms with E-state index in [1.165, 1.54) is 0 Å². The Labute approximate surface area is 109 Å². The molecule has 0 aromatic rings. The molecule has 1 spiro atoms. The standard InChI is InChI=1S/C11H13NO5S/c13-7-1-2-8(14)11(7)3-6(10(16)17)12(5-11)9(15)4-18/h6,18H,1-5H2,(H,16,17)/t6-/m0/s1. The summed E-state index contributed by atoms with van der Waals surface area (Å²) in [5.41, 5.74) is -1.28. The summed E-state index contributed by atoms with van der Waals surface area (Å²) < 4.78 is 0. The molecule has 6 nitrogen and oxygen atoms in total. The van der Waals surface area contributed by atoms with E-state index in [1.54, 1.807) is 0 Å². The number of aliphatic carboxylic acids is 1. The molecule has 1 aliphatic heterocycles. The molecule has 0 radical (unpaired) electrons. The molecule has 1 amide bonds. The molecule has 1 N–H and O–H groups in total. The molecule has 2 aliphatic rings. The number of carbonyl (C=O) groups excluding carboxylic acids is 3. The van der Waals surface area contributed by atoms with Crippen LogP contribution in [0, 0.1) is 5.41 Å². The van der Waals surface area contributed by atoms with Crippen LogP contribution in [0.3, 0.4) is 0 Å². The number of likely N-dealkylation sites (tertiary alicyclic amines) is 1. The van der Waals surface area contributed by atoms with Crippen molar-refractivity contribution in [3.63, 3.8) is 0 Å². The Morgan fingerprint density at radius 3 is 2.33 bits per heavy atom. The average Bonchev–Trinajstić information content (AvgIpc) is 2.86. The van der Waals surface area contributed by atoms with Gasteiger partial charge >= 0.3 is 5.97 Å². The number of ketones is 2. The highest BCUT2D eigenvalue weighted by Crippen LogP contribution is 2.43. The predicted octanol–water partition coefficient (Wildman–Crippen LogP) is -0.480. The van der Waals surface area contributed by atoms with E-state index in [-0.39, 0.29) is 43.1 Å². The number of carbonyl (C=O) groups is 4. The van der Waals surface area contributed by atoms with Gasteiger partial charge in [-0.25, -0.2) is 4.79 Å². The fourth-order valence-corrected chi connectivity index (χ4v) is 2.93. The minimum Gasteiger partial charge on any atom is -0.480 e. The van der Waals surface area contributed by atoms with Gasteiger partial charge in [-0.05, 0) is 6.42 Å². The van der Waals surface area contributed by atoms with Gasteiger partial charge in [0.1, 0.15) is 23.0 Å². The van der Waals surface area contributed by atoms with Gasteiger partial charge in [0, 0.05) is 19.4 Å². The number of rotatable bonds is 2. The smallest absolute Gasteiger partial charge is 0.326 e. The molecule has 1 saturated carbocycles. The van der Waals surface area contributed by atoms with E-state index in [9.17, 15) is 19.2 Å². The Balaban J connectivity index is 2.35. The third-order valence-corrected chi connectivity index (χ3v) is 4.02. The van der Waals surface area contributed by atoms with E-state index >= 15 is 0 Å². The molecule has 1 atom stereocenters. The van der Waals surface area contributed by atoms with Gasteiger partial charge in [-0.15, -0.1) is 0 Å². The van der Waals surface area contributed by atoms with Crippen LogP contribution in [-0.4, -0.2) is 51.8 Å². The number of nitrogens with zero attached hydrogens (tertiary/aromatic N) is 1. The third-order valence-electron chi connectivity index (χ3n) is 3.75. The van der Waals surface area contributed by atoms with E-state index in [2.05, 4.69) is 12.6 Å². The summed E-state index contributed by atoms with van der Waals surface area (Å²) in [5.74, 6) is -2.27. The zero-order chi connectivity index (χ0) is 13.5. The number of amides is 1. The van der Waals surface area contributed by atoms with Crippen molar-refractivity contribution in [3.05, 3.63) is 0 Å². The fourth-order valence-electron chi connectivity index (χ4n) is 2.74. The molecule has 18 heavy (non-hydrogen) atoms. The van der Waals surface area contributed by atoms with Gasteiger partial charge < -0.3 is 10.0 Å². The number of hydrogen-bond donors (Lipinski definition) is 2. The van der Waals surface area contributed by atoms with Gasteiger partial charge in [-0.1, -0.05) is 0 Å². The van der Waals surface area contributed by atoms with Crippen LogP contribution in [0.1, 0.15) is 19.3 Å². The highest BCUT2D eigenvalue weighted by molar-refractivity contribution is 7.81. The van der Waals surface area contributed by atoms with Gasteiger partial charge in [0.2, 0.25) is 5.91 Å². The molecule has 0 aromatic heterocycles. The fraction of sp³-hybridized carbons (Fsp3) is 0.636. The Kier molecular flexibility index (Phi) is 3.18. The second-order valence-electron chi connectivity index (χ2n) is 4.67. The van der Waals surface area contributed by atoms with Crippen LogP contribution in [0.4, 0.5) is 0 Å². The highest BCUT2D eigenvalue weighted by atomic mass is 32.1. The molecule has 0 unspecified atom stereocenters. The Bertz CT molecular complexity index is 431. The SMILES string of the molecule is O=C(O)[C@@H]1CC2(CN1C(=O)CS)C(=O)CCC2=O. The zero-order valence-corrected chi connectivity index (χ0v) is 10.5. The summed E-state index contributed by atoms with van der Waals surface area (Å²) in [6, 6.07) is -1.10. The first-order chi connectivity index (χ1) is 8.42. The number of thiol groups is 1. The molecule has 2 rings (SSSR count). The van der Waals surface area contributed by atoms with E-state index in [1.807, 2.05) is 0 Å². The first kappa shape index (κ1) is 13.1. The van der Waals surface area contributed by atoms with Crippen molar-refractivity contribution in [3.8, 4) is 0 Å². The van der Waals surface area contributed by atoms with E-state index < -0.39 is 23.3 Å². The van der Waals surface area contributed by atoms with Crippen LogP contribution in [-0.2, 0) is 19.2 Å². The highest BCUT2D eigenvalue weighted by Gasteiger charge is 2.58. The minimum absolute atomic E-state index is 0.0977. The van der Waals surface area contributed by atoms with Crippen molar-refractivity contribution < 1.29 is 24.3 Å². The van der Waals surface area contributed by atoms with Crippen molar-refractivity contribution in [2.75, 3.05) is 12.3 Å². The van der Waals surface area contributed by atoms with Gasteiger partial charge in [0.15, 0.2) is 0 Å². The van der Waals surface area contributed by atoms with Crippen LogP contribution in [0.25, 0.3) is 0 Å². The van der Waals surface area contributed by atoms with Gasteiger partial charge in [-0.2, -0.15) is 12.6 Å². The van der Waals surface area contributed by atoms with Crippen molar-refractivity contribution in [1.29, 1.82) is 0 Å². The average molecular weight is 271 g/mol. The molecule has 1 saturated heterocycles. The maximum absolute atomic E-state index is 11.9. The summed E-state index contributed by atoms with van der Waals surface area (Å²) in [5, 5.41) is 9.10. The quantitative estimate of drug-likeness (QED) is 0.523. The monoisotopic (exact) mass is 271 g/mol. The summed E-state index contributed by atoms with van der Waals surface area (Å²) in [4.78, 5) is 47.6. The van der Waals surface area contributed by atoms with Crippen LogP contribution in [0.5, 0.6) is 0 Å². The van der Waals surface area contributed by atoms with Crippen LogP contribution in [0.2, 0.25) is 0 Å². The van der Waals surface area contributed by atoms with Crippen molar-refractivity contribution in [2.45, 2.75) is 25.3 Å². The van der Waals surface area contributed by atoms with Gasteiger partial charge in [0.25, 0.3) is 0 Å². The largest absolute Gasteiger partial charge is 0.480 e. The number of carboxylic acid groups (broad SMARTS) is 1. The molecule has 7 heteroatoms. The van der Waals surface area contributed by atoms with Crippen LogP contribution in [0.15, 0.2) is 0 Å². The predicted molar refractivity (Wildman–Crippen MR) is 63.3 cm³/mol. The maximum atomic E-state index is 11.9. The molecule has 0 bridgehead atoms. The lowest BCUT2D eigenvalue weighted by Crippen LogP contribution is -2.42. The second-order valence-corrected chi connectivity index (χ2v) is 4.98. The normalized spacial score (nSPS) is 26.1. The topological polar surface area (TPSA) is 91.8 Å². The lowest BCUT2D eigenvalue weighted by atomic mass is 9.82. The molecule has 0 aromatic carbocycles. The summed E-state index contributed by atoms with van der Waals surface area (Å²) in [7, 11) is 0. The molecule has 1 heterocycles. The Morgan fingerprint density at radius 2 is 1.89 bits per heavy atom. The third kappa shape index (κ3) is 1.73. The van der Waals surface area contributed by atoms with E-state index in [4.69, 9.17) is 5.11 Å². The lowest BCUT2D eigenvalue weighted by Gasteiger charge is -2.21. The van der Waals surface area contributed by atoms with Crippen molar-refractivity contribution in [1.82, 2.24) is 4.90 Å². The lowest BCUT2D eigenvalue weighted by molar-refractivity contribution is -0.147. The van der Waals surface area contributed by atoms with Crippen molar-refractivity contribution >= 4 is 36.1 Å². The number of Topliss-reactive ketones (excluding diaryl/α,β-unsaturated/α-hetero) is 2. The maximum Gasteiger partial charge on any atom is 0.326 e. The molecule has 2 fully saturated rings. The van der Waals surface area contributed by atoms with Crippen molar-refractivity contribution in [2.24, 2.45) is 5.41 Å².